The van der Waals surface area contributed by atoms with Gasteiger partial charge in [-0.3, -0.25) is 4.99 Å². The molecule has 102 valence electrons. The SMILES string of the molecule is C[C@@H]1CC(c2ccc(Cl)c(Cl)c2)=Nc2ccccc2S1. The van der Waals surface area contributed by atoms with E-state index in [1.165, 1.54) is 4.90 Å². The van der Waals surface area contributed by atoms with E-state index >= 15 is 0 Å². The van der Waals surface area contributed by atoms with Gasteiger partial charge in [-0.05, 0) is 29.8 Å². The predicted molar refractivity (Wildman–Crippen MR) is 89.0 cm³/mol. The molecule has 0 aliphatic carbocycles. The van der Waals surface area contributed by atoms with Crippen molar-refractivity contribution in [3.63, 3.8) is 0 Å². The maximum atomic E-state index is 6.12. The molecule has 1 aliphatic rings. The maximum absolute atomic E-state index is 6.12. The number of fused-ring (bicyclic) bond motifs is 1. The van der Waals surface area contributed by atoms with Gasteiger partial charge in [-0.25, -0.2) is 0 Å². The molecule has 0 aromatic heterocycles. The first-order valence-electron chi connectivity index (χ1n) is 6.42. The highest BCUT2D eigenvalue weighted by atomic mass is 35.5. The van der Waals surface area contributed by atoms with Crippen molar-refractivity contribution in [2.75, 3.05) is 0 Å². The Hall–Kier alpha value is -0.960. The van der Waals surface area contributed by atoms with Gasteiger partial charge in [0.2, 0.25) is 0 Å². The van der Waals surface area contributed by atoms with E-state index in [4.69, 9.17) is 28.2 Å². The highest BCUT2D eigenvalue weighted by Crippen LogP contribution is 2.38. The lowest BCUT2D eigenvalue weighted by Gasteiger charge is -2.10. The Balaban J connectivity index is 2.08. The summed E-state index contributed by atoms with van der Waals surface area (Å²) in [6.45, 7) is 2.22. The summed E-state index contributed by atoms with van der Waals surface area (Å²) in [6.07, 6.45) is 0.914. The molecule has 0 saturated carbocycles. The van der Waals surface area contributed by atoms with Gasteiger partial charge in [-0.2, -0.15) is 0 Å². The summed E-state index contributed by atoms with van der Waals surface area (Å²) in [7, 11) is 0. The summed E-state index contributed by atoms with van der Waals surface area (Å²) >= 11 is 14.0. The molecule has 0 bridgehead atoms. The van der Waals surface area contributed by atoms with Crippen LogP contribution in [0.15, 0.2) is 52.4 Å². The van der Waals surface area contributed by atoms with E-state index in [-0.39, 0.29) is 0 Å². The highest BCUT2D eigenvalue weighted by Gasteiger charge is 2.17. The third-order valence-electron chi connectivity index (χ3n) is 3.18. The predicted octanol–water partition coefficient (Wildman–Crippen LogP) is 6.00. The zero-order valence-electron chi connectivity index (χ0n) is 10.9. The monoisotopic (exact) mass is 321 g/mol. The molecule has 0 spiro atoms. The van der Waals surface area contributed by atoms with Crippen molar-refractivity contribution in [1.29, 1.82) is 0 Å². The molecule has 20 heavy (non-hydrogen) atoms. The average Bonchev–Trinajstić information content (AvgIpc) is 2.59. The largest absolute Gasteiger partial charge is 0.252 e. The van der Waals surface area contributed by atoms with Crippen LogP contribution >= 0.6 is 35.0 Å². The molecule has 2 aromatic carbocycles. The van der Waals surface area contributed by atoms with E-state index in [2.05, 4.69) is 25.1 Å². The van der Waals surface area contributed by atoms with Gasteiger partial charge >= 0.3 is 0 Å². The van der Waals surface area contributed by atoms with Crippen LogP contribution in [0.3, 0.4) is 0 Å². The molecule has 1 heterocycles. The molecular formula is C16H13Cl2NS. The molecule has 0 radical (unpaired) electrons. The maximum Gasteiger partial charge on any atom is 0.0769 e. The van der Waals surface area contributed by atoms with Crippen molar-refractivity contribution in [1.82, 2.24) is 0 Å². The van der Waals surface area contributed by atoms with Crippen molar-refractivity contribution >= 4 is 46.4 Å². The number of nitrogens with zero attached hydrogens (tertiary/aromatic N) is 1. The molecule has 0 unspecified atom stereocenters. The average molecular weight is 322 g/mol. The van der Waals surface area contributed by atoms with Crippen LogP contribution < -0.4 is 0 Å². The van der Waals surface area contributed by atoms with E-state index in [1.807, 2.05) is 36.0 Å². The normalized spacial score (nSPS) is 18.1. The molecule has 1 nitrogen and oxygen atoms in total. The minimum Gasteiger partial charge on any atom is -0.252 e. The van der Waals surface area contributed by atoms with E-state index in [0.717, 1.165) is 23.4 Å². The fourth-order valence-corrected chi connectivity index (χ4v) is 3.59. The summed E-state index contributed by atoms with van der Waals surface area (Å²) in [5.74, 6) is 0. The number of hydrogen-bond donors (Lipinski definition) is 0. The first-order chi connectivity index (χ1) is 9.63. The second kappa shape index (κ2) is 5.80. The molecule has 0 fully saturated rings. The van der Waals surface area contributed by atoms with Gasteiger partial charge in [0.15, 0.2) is 0 Å². The molecular weight excluding hydrogens is 309 g/mol. The first-order valence-corrected chi connectivity index (χ1v) is 8.06. The summed E-state index contributed by atoms with van der Waals surface area (Å²) in [5.41, 5.74) is 3.14. The van der Waals surface area contributed by atoms with Crippen molar-refractivity contribution in [2.45, 2.75) is 23.5 Å². The van der Waals surface area contributed by atoms with Crippen LogP contribution in [0.25, 0.3) is 0 Å². The van der Waals surface area contributed by atoms with Crippen molar-refractivity contribution in [3.8, 4) is 0 Å². The Labute approximate surface area is 133 Å². The summed E-state index contributed by atoms with van der Waals surface area (Å²) in [5, 5.41) is 1.63. The molecule has 1 atom stereocenters. The van der Waals surface area contributed by atoms with Crippen LogP contribution in [0, 0.1) is 0 Å². The summed E-state index contributed by atoms with van der Waals surface area (Å²) in [4.78, 5) is 6.06. The third kappa shape index (κ3) is 2.88. The number of para-hydroxylation sites is 1. The van der Waals surface area contributed by atoms with E-state index in [1.54, 1.807) is 0 Å². The highest BCUT2D eigenvalue weighted by molar-refractivity contribution is 8.00. The lowest BCUT2D eigenvalue weighted by atomic mass is 10.1. The van der Waals surface area contributed by atoms with Crippen molar-refractivity contribution < 1.29 is 0 Å². The lowest BCUT2D eigenvalue weighted by Crippen LogP contribution is -2.07. The minimum atomic E-state index is 0.479. The molecule has 1 aliphatic heterocycles. The Morgan fingerprint density at radius 3 is 2.70 bits per heavy atom. The zero-order valence-corrected chi connectivity index (χ0v) is 13.3. The van der Waals surface area contributed by atoms with Crippen LogP contribution in [-0.2, 0) is 0 Å². The Morgan fingerprint density at radius 1 is 1.10 bits per heavy atom. The fraction of sp³-hybridized carbons (Fsp3) is 0.188. The molecule has 4 heteroatoms. The van der Waals surface area contributed by atoms with Crippen LogP contribution in [0.1, 0.15) is 18.9 Å². The second-order valence-electron chi connectivity index (χ2n) is 4.79. The van der Waals surface area contributed by atoms with E-state index in [0.29, 0.717) is 15.3 Å². The number of aliphatic imine (C=N–C) groups is 1. The summed E-state index contributed by atoms with van der Waals surface area (Å²) in [6, 6.07) is 14.0. The summed E-state index contributed by atoms with van der Waals surface area (Å²) < 4.78 is 0. The Morgan fingerprint density at radius 2 is 1.90 bits per heavy atom. The van der Waals surface area contributed by atoms with E-state index < -0.39 is 0 Å². The van der Waals surface area contributed by atoms with Gasteiger partial charge in [0.25, 0.3) is 0 Å². The van der Waals surface area contributed by atoms with Gasteiger partial charge in [0.05, 0.1) is 15.7 Å². The number of rotatable bonds is 1. The number of hydrogen-bond acceptors (Lipinski definition) is 2. The molecule has 0 saturated heterocycles. The van der Waals surface area contributed by atoms with Crippen LogP contribution in [-0.4, -0.2) is 11.0 Å². The van der Waals surface area contributed by atoms with Gasteiger partial charge in [-0.15, -0.1) is 11.8 Å². The van der Waals surface area contributed by atoms with E-state index in [9.17, 15) is 0 Å². The standard InChI is InChI=1S/C16H13Cl2NS/c1-10-8-15(11-6-7-12(17)13(18)9-11)19-14-4-2-3-5-16(14)20-10/h2-7,9-10H,8H2,1H3/t10-/m1/s1. The van der Waals surface area contributed by atoms with Crippen molar-refractivity contribution in [2.24, 2.45) is 4.99 Å². The molecule has 3 rings (SSSR count). The molecule has 0 N–H and O–H groups in total. The fourth-order valence-electron chi connectivity index (χ4n) is 2.23. The van der Waals surface area contributed by atoms with Crippen LogP contribution in [0.4, 0.5) is 5.69 Å². The molecule has 2 aromatic rings. The third-order valence-corrected chi connectivity index (χ3v) is 5.09. The number of benzene rings is 2. The van der Waals surface area contributed by atoms with Crippen LogP contribution in [0.5, 0.6) is 0 Å². The minimum absolute atomic E-state index is 0.479. The quantitative estimate of drug-likeness (QED) is 0.627. The van der Waals surface area contributed by atoms with Gasteiger partial charge < -0.3 is 0 Å². The Kier molecular flexibility index (Phi) is 4.06. The smallest absolute Gasteiger partial charge is 0.0769 e. The number of thioether (sulfide) groups is 1. The van der Waals surface area contributed by atoms with Gasteiger partial charge in [0.1, 0.15) is 0 Å². The van der Waals surface area contributed by atoms with Crippen molar-refractivity contribution in [3.05, 3.63) is 58.1 Å². The topological polar surface area (TPSA) is 12.4 Å². The first kappa shape index (κ1) is 14.0. The second-order valence-corrected chi connectivity index (χ2v) is 7.08. The Bertz CT molecular complexity index is 682. The van der Waals surface area contributed by atoms with Gasteiger partial charge in [-0.1, -0.05) is 48.3 Å². The lowest BCUT2D eigenvalue weighted by molar-refractivity contribution is 1.02. The van der Waals surface area contributed by atoms with Crippen LogP contribution in [0.2, 0.25) is 10.0 Å². The molecule has 0 amide bonds. The zero-order chi connectivity index (χ0) is 14.1. The number of halogens is 2. The van der Waals surface area contributed by atoms with Gasteiger partial charge in [0, 0.05) is 22.3 Å².